The van der Waals surface area contributed by atoms with Crippen molar-refractivity contribution in [1.82, 2.24) is 14.7 Å². The summed E-state index contributed by atoms with van der Waals surface area (Å²) < 4.78 is 24.5. The zero-order valence-electron chi connectivity index (χ0n) is 15.0. The highest BCUT2D eigenvalue weighted by atomic mass is 32.2. The van der Waals surface area contributed by atoms with Gasteiger partial charge in [0.2, 0.25) is 5.91 Å². The van der Waals surface area contributed by atoms with Gasteiger partial charge in [-0.15, -0.1) is 0 Å². The fourth-order valence-corrected chi connectivity index (χ4v) is 6.64. The standard InChI is InChI=1S/C17H31N3O3S/c1-18(2)11-17(21)20-9-8-19(10-14-6-4-3-5-7-14)15-12-24(22,23)13-16(15)20/h14-16H,3-13H2,1-2H3/t15-,16+/m1/s1. The second-order valence-corrected chi connectivity index (χ2v) is 10.2. The zero-order chi connectivity index (χ0) is 17.3. The molecule has 2 aliphatic heterocycles. The molecule has 2 saturated heterocycles. The number of piperazine rings is 1. The summed E-state index contributed by atoms with van der Waals surface area (Å²) in [6.45, 7) is 2.83. The van der Waals surface area contributed by atoms with Crippen LogP contribution in [0.1, 0.15) is 32.1 Å². The van der Waals surface area contributed by atoms with Crippen LogP contribution >= 0.6 is 0 Å². The third-order valence-corrected chi connectivity index (χ3v) is 7.48. The molecule has 138 valence electrons. The van der Waals surface area contributed by atoms with Crippen LogP contribution in [0.3, 0.4) is 0 Å². The third kappa shape index (κ3) is 4.11. The van der Waals surface area contributed by atoms with Gasteiger partial charge in [0.05, 0.1) is 24.1 Å². The molecule has 0 aromatic carbocycles. The maximum Gasteiger partial charge on any atom is 0.237 e. The second-order valence-electron chi connectivity index (χ2n) is 8.04. The van der Waals surface area contributed by atoms with Gasteiger partial charge >= 0.3 is 0 Å². The number of amides is 1. The molecule has 0 radical (unpaired) electrons. The molecule has 0 aromatic rings. The van der Waals surface area contributed by atoms with Gasteiger partial charge in [-0.05, 0) is 32.9 Å². The highest BCUT2D eigenvalue weighted by Gasteiger charge is 2.48. The lowest BCUT2D eigenvalue weighted by molar-refractivity contribution is -0.137. The molecule has 3 aliphatic rings. The van der Waals surface area contributed by atoms with Gasteiger partial charge in [0, 0.05) is 25.7 Å². The number of carbonyl (C=O) groups is 1. The lowest BCUT2D eigenvalue weighted by atomic mass is 9.88. The van der Waals surface area contributed by atoms with E-state index in [9.17, 15) is 13.2 Å². The van der Waals surface area contributed by atoms with Crippen LogP contribution in [-0.4, -0.2) is 92.9 Å². The average molecular weight is 358 g/mol. The van der Waals surface area contributed by atoms with Gasteiger partial charge in [-0.1, -0.05) is 19.3 Å². The Balaban J connectivity index is 1.71. The van der Waals surface area contributed by atoms with Crippen molar-refractivity contribution >= 4 is 15.7 Å². The van der Waals surface area contributed by atoms with Crippen LogP contribution in [0.4, 0.5) is 0 Å². The van der Waals surface area contributed by atoms with Crippen molar-refractivity contribution in [3.63, 3.8) is 0 Å². The molecule has 0 bridgehead atoms. The SMILES string of the molecule is CN(C)CC(=O)N1CCN(CC2CCCCC2)[C@@H]2CS(=O)(=O)C[C@@H]21. The molecule has 6 nitrogen and oxygen atoms in total. The van der Waals surface area contributed by atoms with Crippen LogP contribution in [-0.2, 0) is 14.6 Å². The van der Waals surface area contributed by atoms with Crippen LogP contribution in [0.15, 0.2) is 0 Å². The van der Waals surface area contributed by atoms with Gasteiger partial charge in [0.25, 0.3) is 0 Å². The number of carbonyl (C=O) groups excluding carboxylic acids is 1. The Morgan fingerprint density at radius 1 is 1.04 bits per heavy atom. The van der Waals surface area contributed by atoms with E-state index in [0.717, 1.165) is 13.1 Å². The summed E-state index contributed by atoms with van der Waals surface area (Å²) in [6.07, 6.45) is 6.48. The maximum absolute atomic E-state index is 12.5. The van der Waals surface area contributed by atoms with Crippen LogP contribution in [0, 0.1) is 5.92 Å². The topological polar surface area (TPSA) is 60.9 Å². The lowest BCUT2D eigenvalue weighted by Crippen LogP contribution is -2.62. The van der Waals surface area contributed by atoms with E-state index in [2.05, 4.69) is 4.90 Å². The van der Waals surface area contributed by atoms with E-state index in [1.54, 1.807) is 0 Å². The maximum atomic E-state index is 12.5. The Morgan fingerprint density at radius 3 is 2.38 bits per heavy atom. The normalized spacial score (nSPS) is 31.4. The first kappa shape index (κ1) is 18.1. The molecule has 3 fully saturated rings. The second kappa shape index (κ2) is 7.30. The Morgan fingerprint density at radius 2 is 1.71 bits per heavy atom. The van der Waals surface area contributed by atoms with Gasteiger partial charge in [0.15, 0.2) is 9.84 Å². The minimum absolute atomic E-state index is 0.00297. The smallest absolute Gasteiger partial charge is 0.237 e. The highest BCUT2D eigenvalue weighted by molar-refractivity contribution is 7.91. The monoisotopic (exact) mass is 357 g/mol. The molecule has 1 saturated carbocycles. The van der Waals surface area contributed by atoms with E-state index in [4.69, 9.17) is 0 Å². The predicted molar refractivity (Wildman–Crippen MR) is 94.6 cm³/mol. The molecule has 1 amide bonds. The quantitative estimate of drug-likeness (QED) is 0.731. The molecule has 2 heterocycles. The van der Waals surface area contributed by atoms with Gasteiger partial charge in [-0.2, -0.15) is 0 Å². The van der Waals surface area contributed by atoms with Gasteiger partial charge in [0.1, 0.15) is 0 Å². The van der Waals surface area contributed by atoms with Crippen molar-refractivity contribution in [3.05, 3.63) is 0 Å². The first-order chi connectivity index (χ1) is 11.4. The molecular formula is C17H31N3O3S. The Bertz CT molecular complexity index is 557. The average Bonchev–Trinajstić information content (AvgIpc) is 2.83. The van der Waals surface area contributed by atoms with Gasteiger partial charge in [-0.3, -0.25) is 9.69 Å². The summed E-state index contributed by atoms with van der Waals surface area (Å²) in [4.78, 5) is 18.6. The van der Waals surface area contributed by atoms with Crippen molar-refractivity contribution in [2.75, 3.05) is 51.8 Å². The van der Waals surface area contributed by atoms with E-state index in [-0.39, 0.29) is 29.5 Å². The fourth-order valence-electron chi connectivity index (χ4n) is 4.62. The summed E-state index contributed by atoms with van der Waals surface area (Å²) in [7, 11) is 0.704. The number of sulfone groups is 1. The first-order valence-corrected chi connectivity index (χ1v) is 11.1. The molecule has 0 N–H and O–H groups in total. The molecule has 2 atom stereocenters. The molecule has 3 rings (SSSR count). The van der Waals surface area contributed by atoms with E-state index in [1.807, 2.05) is 23.9 Å². The minimum atomic E-state index is -3.05. The number of fused-ring (bicyclic) bond motifs is 1. The molecule has 0 aromatic heterocycles. The summed E-state index contributed by atoms with van der Waals surface area (Å²) in [5, 5.41) is 0. The van der Waals surface area contributed by atoms with Gasteiger partial charge < -0.3 is 9.80 Å². The molecule has 1 aliphatic carbocycles. The molecule has 7 heteroatoms. The third-order valence-electron chi connectivity index (χ3n) is 5.78. The number of rotatable bonds is 4. The van der Waals surface area contributed by atoms with E-state index >= 15 is 0 Å². The number of nitrogens with zero attached hydrogens (tertiary/aromatic N) is 3. The predicted octanol–water partition coefficient (Wildman–Crippen LogP) is 0.438. The Labute approximate surface area is 146 Å². The van der Waals surface area contributed by atoms with Crippen molar-refractivity contribution < 1.29 is 13.2 Å². The van der Waals surface area contributed by atoms with Gasteiger partial charge in [-0.25, -0.2) is 8.42 Å². The number of likely N-dealkylation sites (N-methyl/N-ethyl adjacent to an activating group) is 1. The largest absolute Gasteiger partial charge is 0.335 e. The molecule has 24 heavy (non-hydrogen) atoms. The van der Waals surface area contributed by atoms with E-state index < -0.39 is 9.84 Å². The lowest BCUT2D eigenvalue weighted by Gasteiger charge is -2.45. The fraction of sp³-hybridized carbons (Fsp3) is 0.941. The van der Waals surface area contributed by atoms with Crippen molar-refractivity contribution in [1.29, 1.82) is 0 Å². The van der Waals surface area contributed by atoms with E-state index in [1.165, 1.54) is 32.1 Å². The highest BCUT2D eigenvalue weighted by Crippen LogP contribution is 2.31. The van der Waals surface area contributed by atoms with E-state index in [0.29, 0.717) is 19.0 Å². The summed E-state index contributed by atoms with van der Waals surface area (Å²) in [6, 6.07) is -0.156. The first-order valence-electron chi connectivity index (χ1n) is 9.24. The van der Waals surface area contributed by atoms with Crippen LogP contribution < -0.4 is 0 Å². The Hall–Kier alpha value is -0.660. The molecular weight excluding hydrogens is 326 g/mol. The molecule has 0 unspecified atom stereocenters. The van der Waals surface area contributed by atoms with Crippen molar-refractivity contribution in [2.24, 2.45) is 5.92 Å². The molecule has 0 spiro atoms. The minimum Gasteiger partial charge on any atom is -0.335 e. The summed E-state index contributed by atoms with van der Waals surface area (Å²) >= 11 is 0. The van der Waals surface area contributed by atoms with Crippen molar-refractivity contribution in [2.45, 2.75) is 44.2 Å². The van der Waals surface area contributed by atoms with Crippen LogP contribution in [0.2, 0.25) is 0 Å². The summed E-state index contributed by atoms with van der Waals surface area (Å²) in [5.41, 5.74) is 0. The van der Waals surface area contributed by atoms with Crippen LogP contribution in [0.5, 0.6) is 0 Å². The Kier molecular flexibility index (Phi) is 5.52. The number of hydrogen-bond donors (Lipinski definition) is 0. The van der Waals surface area contributed by atoms with Crippen molar-refractivity contribution in [3.8, 4) is 0 Å². The van der Waals surface area contributed by atoms with Crippen LogP contribution in [0.25, 0.3) is 0 Å². The number of hydrogen-bond acceptors (Lipinski definition) is 5. The summed E-state index contributed by atoms with van der Waals surface area (Å²) in [5.74, 6) is 1.12. The zero-order valence-corrected chi connectivity index (χ0v) is 15.8.